The van der Waals surface area contributed by atoms with Crippen LogP contribution in [0.15, 0.2) is 23.1 Å². The molecule has 0 unspecified atom stereocenters. The van der Waals surface area contributed by atoms with E-state index in [1.54, 1.807) is 0 Å². The zero-order chi connectivity index (χ0) is 31.2. The zero-order valence-corrected chi connectivity index (χ0v) is 23.0. The number of nitrogens with one attached hydrogen (secondary N) is 2. The maximum absolute atomic E-state index is 14.4. The largest absolute Gasteiger partial charge is 0.382 e. The number of methoxy groups -OCH3 is 1. The molecular weight excluding hydrogens is 590 g/mol. The fourth-order valence-electron chi connectivity index (χ4n) is 5.31. The molecule has 2 aliphatic rings. The van der Waals surface area contributed by atoms with Crippen LogP contribution in [0.25, 0.3) is 5.65 Å². The molecule has 4 heterocycles. The molecule has 3 aromatic rings. The second-order valence-electron chi connectivity index (χ2n) is 10.8. The van der Waals surface area contributed by atoms with Crippen molar-refractivity contribution < 1.29 is 45.3 Å². The van der Waals surface area contributed by atoms with E-state index in [1.807, 2.05) is 5.32 Å². The highest BCUT2D eigenvalue weighted by Crippen LogP contribution is 2.42. The Morgan fingerprint density at radius 3 is 2.56 bits per heavy atom. The lowest BCUT2D eigenvalue weighted by Crippen LogP contribution is -2.49. The summed E-state index contributed by atoms with van der Waals surface area (Å²) in [5.41, 5.74) is 0.711. The van der Waals surface area contributed by atoms with Crippen molar-refractivity contribution in [1.29, 1.82) is 0 Å². The first-order chi connectivity index (χ1) is 20.2. The van der Waals surface area contributed by atoms with E-state index in [2.05, 4.69) is 30.3 Å². The summed E-state index contributed by atoms with van der Waals surface area (Å²) in [5, 5.41) is 16.0. The van der Waals surface area contributed by atoms with Crippen LogP contribution in [0.1, 0.15) is 65.2 Å². The molecular formula is C25H28F6N8O4. The number of halogens is 6. The van der Waals surface area contributed by atoms with Crippen LogP contribution < -0.4 is 10.6 Å². The number of carbonyl (C=O) groups excluding carboxylic acids is 2. The highest BCUT2D eigenvalue weighted by atomic mass is 19.3. The summed E-state index contributed by atoms with van der Waals surface area (Å²) in [7, 11) is 1.25. The Kier molecular flexibility index (Phi) is 8.00. The number of rotatable bonds is 8. The smallest absolute Gasteiger partial charge is 0.329 e. The Hall–Kier alpha value is -3.96. The minimum absolute atomic E-state index is 0.0827. The van der Waals surface area contributed by atoms with Gasteiger partial charge >= 0.3 is 17.9 Å². The number of nitrogens with zero attached hydrogens (tertiary/aromatic N) is 6. The molecule has 1 saturated carbocycles. The monoisotopic (exact) mass is 618 g/mol. The minimum Gasteiger partial charge on any atom is -0.382 e. The number of amides is 3. The summed E-state index contributed by atoms with van der Waals surface area (Å²) < 4.78 is 95.8. The molecule has 18 heteroatoms. The summed E-state index contributed by atoms with van der Waals surface area (Å²) in [6, 6.07) is -1.83. The third-order valence-corrected chi connectivity index (χ3v) is 7.78. The Morgan fingerprint density at radius 2 is 1.91 bits per heavy atom. The standard InChI is InChI=1S/C25H28F6N8O4/c1-13-19(37-43-36-13)21(40)35-20(14-3-5-23(26,27)6-4-14)16-9-39-18(34-16)7-15(8-33-39)17(10-42-2)38-12-25(30,31)24(28,29)11-32-22(38)41/h7-9,14,17,20H,3-6,10-12H2,1-2H3,(H,32,41)(H,35,40)/t17-,20+/m1/s1. The maximum atomic E-state index is 14.4. The predicted octanol–water partition coefficient (Wildman–Crippen LogP) is 3.70. The van der Waals surface area contributed by atoms with E-state index in [4.69, 9.17) is 4.74 Å². The lowest BCUT2D eigenvalue weighted by Gasteiger charge is -2.33. The molecule has 2 N–H and O–H groups in total. The molecule has 3 aromatic heterocycles. The molecule has 43 heavy (non-hydrogen) atoms. The molecule has 0 bridgehead atoms. The van der Waals surface area contributed by atoms with E-state index in [0.29, 0.717) is 4.90 Å². The number of ether oxygens (including phenoxy) is 1. The molecule has 1 aliphatic carbocycles. The van der Waals surface area contributed by atoms with Gasteiger partial charge in [-0.2, -0.15) is 22.7 Å². The summed E-state index contributed by atoms with van der Waals surface area (Å²) in [6.07, 6.45) is 2.12. The van der Waals surface area contributed by atoms with Gasteiger partial charge in [0.1, 0.15) is 5.69 Å². The van der Waals surface area contributed by atoms with Gasteiger partial charge in [0.2, 0.25) is 5.92 Å². The molecule has 12 nitrogen and oxygen atoms in total. The van der Waals surface area contributed by atoms with E-state index in [-0.39, 0.29) is 60.6 Å². The zero-order valence-electron chi connectivity index (χ0n) is 23.0. The van der Waals surface area contributed by atoms with Gasteiger partial charge in [-0.05, 0) is 36.9 Å². The SMILES string of the molecule is COC[C@H](c1cnn2cc([C@@H](NC(=O)c3nonc3C)C3CCC(F)(F)CC3)nc2c1)N1CC(F)(F)C(F)(F)CNC1=O. The lowest BCUT2D eigenvalue weighted by atomic mass is 9.81. The van der Waals surface area contributed by atoms with Crippen LogP contribution in [0.2, 0.25) is 0 Å². The number of hydrogen-bond acceptors (Lipinski definition) is 8. The topological polar surface area (TPSA) is 140 Å². The Bertz CT molecular complexity index is 1490. The van der Waals surface area contributed by atoms with Crippen LogP contribution in [0.5, 0.6) is 0 Å². The fourth-order valence-corrected chi connectivity index (χ4v) is 5.31. The second-order valence-corrected chi connectivity index (χ2v) is 10.8. The van der Waals surface area contributed by atoms with Gasteiger partial charge in [0, 0.05) is 25.5 Å². The molecule has 234 valence electrons. The highest BCUT2D eigenvalue weighted by molar-refractivity contribution is 5.93. The minimum atomic E-state index is -4.53. The van der Waals surface area contributed by atoms with E-state index < -0.39 is 60.8 Å². The van der Waals surface area contributed by atoms with Gasteiger partial charge in [-0.3, -0.25) is 4.79 Å². The number of aryl methyl sites for hydroxylation is 1. The molecule has 3 amide bonds. The number of aromatic nitrogens is 5. The van der Waals surface area contributed by atoms with Crippen LogP contribution in [-0.2, 0) is 4.74 Å². The van der Waals surface area contributed by atoms with Crippen LogP contribution >= 0.6 is 0 Å². The first-order valence-electron chi connectivity index (χ1n) is 13.3. The Balaban J connectivity index is 1.48. The first kappa shape index (κ1) is 30.5. The van der Waals surface area contributed by atoms with E-state index in [0.717, 1.165) is 0 Å². The van der Waals surface area contributed by atoms with Crippen LogP contribution in [-0.4, -0.2) is 86.3 Å². The van der Waals surface area contributed by atoms with Crippen LogP contribution in [0.3, 0.4) is 0 Å². The normalized spacial score (nSPS) is 21.7. The van der Waals surface area contributed by atoms with Gasteiger partial charge in [-0.25, -0.2) is 27.7 Å². The second kappa shape index (κ2) is 11.3. The van der Waals surface area contributed by atoms with Crippen molar-refractivity contribution in [2.24, 2.45) is 5.92 Å². The average molecular weight is 619 g/mol. The fraction of sp³-hybridized carbons (Fsp3) is 0.600. The molecule has 1 saturated heterocycles. The predicted molar refractivity (Wildman–Crippen MR) is 134 cm³/mol. The molecule has 0 radical (unpaired) electrons. The van der Waals surface area contributed by atoms with E-state index in [9.17, 15) is 35.9 Å². The van der Waals surface area contributed by atoms with Crippen molar-refractivity contribution >= 4 is 17.6 Å². The van der Waals surface area contributed by atoms with E-state index >= 15 is 0 Å². The van der Waals surface area contributed by atoms with Crippen LogP contribution in [0.4, 0.5) is 31.1 Å². The lowest BCUT2D eigenvalue weighted by molar-refractivity contribution is -0.205. The summed E-state index contributed by atoms with van der Waals surface area (Å²) in [5.74, 6) is -12.9. The van der Waals surface area contributed by atoms with Gasteiger partial charge in [0.25, 0.3) is 5.91 Å². The first-order valence-corrected chi connectivity index (χ1v) is 13.3. The van der Waals surface area contributed by atoms with E-state index in [1.165, 1.54) is 37.0 Å². The van der Waals surface area contributed by atoms with Crippen molar-refractivity contribution in [3.8, 4) is 0 Å². The number of fused-ring (bicyclic) bond motifs is 1. The van der Waals surface area contributed by atoms with Gasteiger partial charge in [-0.15, -0.1) is 0 Å². The number of hydrogen-bond donors (Lipinski definition) is 2. The molecule has 0 spiro atoms. The number of carbonyl (C=O) groups is 2. The molecule has 0 aromatic carbocycles. The molecule has 2 fully saturated rings. The highest BCUT2D eigenvalue weighted by Gasteiger charge is 2.60. The van der Waals surface area contributed by atoms with Crippen molar-refractivity contribution in [2.45, 2.75) is 62.5 Å². The molecule has 1 aliphatic heterocycles. The summed E-state index contributed by atoms with van der Waals surface area (Å²) in [4.78, 5) is 30.7. The summed E-state index contributed by atoms with van der Waals surface area (Å²) in [6.45, 7) is -1.95. The third kappa shape index (κ3) is 6.09. The van der Waals surface area contributed by atoms with Crippen molar-refractivity contribution in [3.63, 3.8) is 0 Å². The number of alkyl halides is 6. The summed E-state index contributed by atoms with van der Waals surface area (Å²) >= 11 is 0. The average Bonchev–Trinajstić information content (AvgIpc) is 3.56. The van der Waals surface area contributed by atoms with Crippen molar-refractivity contribution in [1.82, 2.24) is 40.4 Å². The Labute approximate surface area is 240 Å². The van der Waals surface area contributed by atoms with Gasteiger partial charge in [-0.1, -0.05) is 5.16 Å². The third-order valence-electron chi connectivity index (χ3n) is 7.78. The quantitative estimate of drug-likeness (QED) is 0.365. The maximum Gasteiger partial charge on any atom is 0.329 e. The molecule has 2 atom stereocenters. The number of urea groups is 1. The Morgan fingerprint density at radius 1 is 1.19 bits per heavy atom. The van der Waals surface area contributed by atoms with Gasteiger partial charge in [0.05, 0.1) is 49.9 Å². The van der Waals surface area contributed by atoms with Crippen LogP contribution in [0, 0.1) is 12.8 Å². The number of imidazole rings is 1. The molecule has 5 rings (SSSR count). The van der Waals surface area contributed by atoms with Crippen molar-refractivity contribution in [3.05, 3.63) is 41.1 Å². The van der Waals surface area contributed by atoms with Gasteiger partial charge < -0.3 is 20.3 Å². The van der Waals surface area contributed by atoms with Crippen molar-refractivity contribution in [2.75, 3.05) is 26.8 Å². The van der Waals surface area contributed by atoms with Gasteiger partial charge in [0.15, 0.2) is 11.3 Å².